The minimum absolute atomic E-state index is 0.0986. The van der Waals surface area contributed by atoms with Crippen LogP contribution in [0.25, 0.3) is 0 Å². The minimum Gasteiger partial charge on any atom is -0.348 e. The Morgan fingerprint density at radius 1 is 1.18 bits per heavy atom. The zero-order chi connectivity index (χ0) is 16.5. The molecule has 2 fully saturated rings. The number of carbonyl (C=O) groups excluding carboxylic acids is 1. The molecule has 22 heavy (non-hydrogen) atoms. The molecule has 7 heteroatoms. The quantitative estimate of drug-likeness (QED) is 0.715. The number of hydrogen-bond donors (Lipinski definition) is 0. The molecule has 0 aliphatic carbocycles. The Hall–Kier alpha value is -0.730. The molecule has 0 aromatic rings. The lowest BCUT2D eigenvalue weighted by atomic mass is 10.0. The summed E-state index contributed by atoms with van der Waals surface area (Å²) in [5, 5.41) is 1.22. The van der Waals surface area contributed by atoms with Crippen LogP contribution in [0.1, 0.15) is 40.5 Å². The summed E-state index contributed by atoms with van der Waals surface area (Å²) >= 11 is 0. The lowest BCUT2D eigenvalue weighted by Crippen LogP contribution is -2.39. The van der Waals surface area contributed by atoms with Gasteiger partial charge in [0.2, 0.25) is 5.91 Å². The Morgan fingerprint density at radius 3 is 2.41 bits per heavy atom. The van der Waals surface area contributed by atoms with Gasteiger partial charge in [-0.2, -0.15) is 0 Å². The molecule has 0 saturated carbocycles. The summed E-state index contributed by atoms with van der Waals surface area (Å²) in [6.07, 6.45) is 0.198. The van der Waals surface area contributed by atoms with Crippen LogP contribution in [-0.2, 0) is 28.6 Å². The highest BCUT2D eigenvalue weighted by atomic mass is 16.8. The smallest absolute Gasteiger partial charge is 0.245 e. The van der Waals surface area contributed by atoms with E-state index in [2.05, 4.69) is 0 Å². The summed E-state index contributed by atoms with van der Waals surface area (Å²) in [5.74, 6) is -1.41. The van der Waals surface area contributed by atoms with Crippen molar-refractivity contribution in [3.8, 4) is 0 Å². The van der Waals surface area contributed by atoms with Crippen LogP contribution in [0.2, 0.25) is 0 Å². The van der Waals surface area contributed by atoms with Crippen molar-refractivity contribution in [1.82, 2.24) is 5.06 Å². The number of ether oxygens (including phenoxy) is 4. The van der Waals surface area contributed by atoms with Crippen molar-refractivity contribution in [3.63, 3.8) is 0 Å². The van der Waals surface area contributed by atoms with Crippen molar-refractivity contribution in [2.45, 2.75) is 70.4 Å². The highest BCUT2D eigenvalue weighted by Gasteiger charge is 2.49. The van der Waals surface area contributed by atoms with Crippen LogP contribution in [0, 0.1) is 0 Å². The van der Waals surface area contributed by atoms with E-state index in [1.807, 2.05) is 27.7 Å². The zero-order valence-corrected chi connectivity index (χ0v) is 14.3. The number of carbonyl (C=O) groups is 1. The van der Waals surface area contributed by atoms with Crippen LogP contribution >= 0.6 is 0 Å². The van der Waals surface area contributed by atoms with Gasteiger partial charge in [0.25, 0.3) is 0 Å². The first kappa shape index (κ1) is 17.6. The van der Waals surface area contributed by atoms with Crippen LogP contribution in [-0.4, -0.2) is 61.6 Å². The molecule has 2 aliphatic rings. The fourth-order valence-corrected chi connectivity index (χ4v) is 2.80. The molecule has 0 bridgehead atoms. The highest BCUT2D eigenvalue weighted by molar-refractivity contribution is 5.74. The molecule has 0 radical (unpaired) electrons. The lowest BCUT2D eigenvalue weighted by Gasteiger charge is -2.24. The summed E-state index contributed by atoms with van der Waals surface area (Å²) in [4.78, 5) is 16.8. The Kier molecular flexibility index (Phi) is 5.13. The third-order valence-electron chi connectivity index (χ3n) is 3.89. The fraction of sp³-hybridized carbons (Fsp3) is 0.933. The Morgan fingerprint density at radius 2 is 1.86 bits per heavy atom. The summed E-state index contributed by atoms with van der Waals surface area (Å²) in [6, 6.07) is 0. The summed E-state index contributed by atoms with van der Waals surface area (Å²) < 4.78 is 23.4. The topological polar surface area (TPSA) is 66.5 Å². The Bertz CT molecular complexity index is 411. The van der Waals surface area contributed by atoms with Gasteiger partial charge in [0.15, 0.2) is 11.6 Å². The second-order valence-electron chi connectivity index (χ2n) is 6.62. The van der Waals surface area contributed by atoms with Crippen LogP contribution in [0.15, 0.2) is 0 Å². The summed E-state index contributed by atoms with van der Waals surface area (Å²) in [7, 11) is 3.05. The molecule has 0 aromatic carbocycles. The fourth-order valence-electron chi connectivity index (χ4n) is 2.80. The van der Waals surface area contributed by atoms with E-state index >= 15 is 0 Å². The first-order valence-electron chi connectivity index (χ1n) is 7.61. The van der Waals surface area contributed by atoms with Crippen LogP contribution in [0.3, 0.4) is 0 Å². The SMILES string of the molecule is CON(C)C(=O)CC[C@@H]1OC(C)(C)O[C@@H]1[C@H]1COC(C)(C)O1. The minimum atomic E-state index is -0.693. The molecular weight excluding hydrogens is 290 g/mol. The van der Waals surface area contributed by atoms with Crippen LogP contribution < -0.4 is 0 Å². The summed E-state index contributed by atoms with van der Waals surface area (Å²) in [6.45, 7) is 7.94. The number of rotatable bonds is 5. The van der Waals surface area contributed by atoms with Crippen molar-refractivity contribution in [2.24, 2.45) is 0 Å². The Balaban J connectivity index is 1.97. The maximum Gasteiger partial charge on any atom is 0.245 e. The van der Waals surface area contributed by atoms with Crippen molar-refractivity contribution in [2.75, 3.05) is 20.8 Å². The molecule has 0 aromatic heterocycles. The second-order valence-corrected chi connectivity index (χ2v) is 6.62. The van der Waals surface area contributed by atoms with E-state index in [0.717, 1.165) is 0 Å². The Labute approximate surface area is 131 Å². The van der Waals surface area contributed by atoms with E-state index in [4.69, 9.17) is 23.8 Å². The van der Waals surface area contributed by atoms with E-state index in [-0.39, 0.29) is 24.2 Å². The molecule has 1 amide bonds. The highest BCUT2D eigenvalue weighted by Crippen LogP contribution is 2.37. The molecule has 2 heterocycles. The van der Waals surface area contributed by atoms with Gasteiger partial charge in [-0.1, -0.05) is 0 Å². The third-order valence-corrected chi connectivity index (χ3v) is 3.89. The molecule has 128 valence electrons. The number of hydroxylamine groups is 2. The third kappa shape index (κ3) is 4.17. The number of amides is 1. The maximum atomic E-state index is 11.9. The maximum absolute atomic E-state index is 11.9. The molecule has 0 spiro atoms. The molecule has 7 nitrogen and oxygen atoms in total. The van der Waals surface area contributed by atoms with E-state index in [9.17, 15) is 4.79 Å². The van der Waals surface area contributed by atoms with Crippen molar-refractivity contribution < 1.29 is 28.6 Å². The van der Waals surface area contributed by atoms with Crippen molar-refractivity contribution in [3.05, 3.63) is 0 Å². The number of hydrogen-bond acceptors (Lipinski definition) is 6. The molecule has 2 rings (SSSR count). The van der Waals surface area contributed by atoms with Gasteiger partial charge < -0.3 is 18.9 Å². The predicted molar refractivity (Wildman–Crippen MR) is 77.7 cm³/mol. The molecular formula is C15H27NO6. The van der Waals surface area contributed by atoms with Gasteiger partial charge in [0.1, 0.15) is 12.2 Å². The largest absolute Gasteiger partial charge is 0.348 e. The van der Waals surface area contributed by atoms with Gasteiger partial charge >= 0.3 is 0 Å². The van der Waals surface area contributed by atoms with Gasteiger partial charge in [-0.3, -0.25) is 9.63 Å². The average molecular weight is 317 g/mol. The zero-order valence-electron chi connectivity index (χ0n) is 14.3. The molecule has 3 atom stereocenters. The van der Waals surface area contributed by atoms with E-state index in [1.54, 1.807) is 7.05 Å². The molecule has 0 N–H and O–H groups in total. The van der Waals surface area contributed by atoms with Gasteiger partial charge in [0.05, 0.1) is 19.8 Å². The van der Waals surface area contributed by atoms with E-state index in [1.165, 1.54) is 12.2 Å². The molecule has 2 aliphatic heterocycles. The standard InChI is InChI=1S/C15H27NO6/c1-14(2)19-9-11(21-14)13-10(20-15(3,4)22-13)7-8-12(17)16(5)18-6/h10-11,13H,7-9H2,1-6H3/t10-,11+,13-/m0/s1. The van der Waals surface area contributed by atoms with Crippen molar-refractivity contribution in [1.29, 1.82) is 0 Å². The van der Waals surface area contributed by atoms with Gasteiger partial charge in [-0.15, -0.1) is 0 Å². The van der Waals surface area contributed by atoms with Gasteiger partial charge in [0, 0.05) is 13.5 Å². The average Bonchev–Trinajstić information content (AvgIpc) is 2.94. The van der Waals surface area contributed by atoms with Crippen LogP contribution in [0.5, 0.6) is 0 Å². The monoisotopic (exact) mass is 317 g/mol. The van der Waals surface area contributed by atoms with Gasteiger partial charge in [-0.05, 0) is 34.1 Å². The predicted octanol–water partition coefficient (Wildman–Crippen LogP) is 1.46. The molecule has 0 unspecified atom stereocenters. The van der Waals surface area contributed by atoms with E-state index < -0.39 is 11.6 Å². The molecule has 2 saturated heterocycles. The van der Waals surface area contributed by atoms with Crippen molar-refractivity contribution >= 4 is 5.91 Å². The summed E-state index contributed by atoms with van der Waals surface area (Å²) in [5.41, 5.74) is 0. The first-order valence-corrected chi connectivity index (χ1v) is 7.61. The van der Waals surface area contributed by atoms with Crippen LogP contribution in [0.4, 0.5) is 0 Å². The van der Waals surface area contributed by atoms with Gasteiger partial charge in [-0.25, -0.2) is 5.06 Å². The number of nitrogens with zero attached hydrogens (tertiary/aromatic N) is 1. The normalized spacial score (nSPS) is 33.1. The first-order chi connectivity index (χ1) is 10.1. The van der Waals surface area contributed by atoms with E-state index in [0.29, 0.717) is 19.4 Å². The lowest BCUT2D eigenvalue weighted by molar-refractivity contribution is -0.175. The second kappa shape index (κ2) is 6.41.